The Morgan fingerprint density at radius 2 is 1.92 bits per heavy atom. The Morgan fingerprint density at radius 1 is 1.42 bits per heavy atom. The number of aliphatic hydroxyl groups is 1. The molecule has 0 aromatic rings. The fraction of sp³-hybridized carbons (Fsp3) is 0.833. The minimum absolute atomic E-state index is 0. The van der Waals surface area contributed by atoms with Crippen LogP contribution in [-0.4, -0.2) is 23.6 Å². The SMILES string of the molecule is O=C([O-])CCC(F)(F)CCO.[Li+]. The maximum absolute atomic E-state index is 12.3. The zero-order valence-electron chi connectivity index (χ0n) is 6.85. The van der Waals surface area contributed by atoms with Crippen LogP contribution in [0.15, 0.2) is 0 Å². The van der Waals surface area contributed by atoms with Gasteiger partial charge in [0.25, 0.3) is 5.92 Å². The van der Waals surface area contributed by atoms with E-state index in [1.165, 1.54) is 0 Å². The molecular weight excluding hydrogens is 165 g/mol. The molecule has 0 saturated heterocycles. The molecule has 0 atom stereocenters. The largest absolute Gasteiger partial charge is 1.00 e. The number of aliphatic carboxylic acids is 1. The van der Waals surface area contributed by atoms with Crippen molar-refractivity contribution in [3.63, 3.8) is 0 Å². The van der Waals surface area contributed by atoms with Crippen molar-refractivity contribution in [3.8, 4) is 0 Å². The Kier molecular flexibility index (Phi) is 7.70. The second kappa shape index (κ2) is 6.41. The van der Waals surface area contributed by atoms with Crippen LogP contribution in [0.2, 0.25) is 0 Å². The summed E-state index contributed by atoms with van der Waals surface area (Å²) in [6.45, 7) is -0.639. The molecule has 0 bridgehead atoms. The number of carbonyl (C=O) groups is 1. The first kappa shape index (κ1) is 14.4. The van der Waals surface area contributed by atoms with E-state index in [2.05, 4.69) is 0 Å². The van der Waals surface area contributed by atoms with E-state index in [-0.39, 0.29) is 18.9 Å². The average molecular weight is 174 g/mol. The van der Waals surface area contributed by atoms with Gasteiger partial charge in [-0.2, -0.15) is 0 Å². The number of carbonyl (C=O) groups excluding carboxylic acids is 1. The summed E-state index contributed by atoms with van der Waals surface area (Å²) in [5, 5.41) is 17.9. The van der Waals surface area contributed by atoms with Gasteiger partial charge >= 0.3 is 18.9 Å². The first-order chi connectivity index (χ1) is 4.98. The molecule has 0 radical (unpaired) electrons. The number of rotatable bonds is 5. The van der Waals surface area contributed by atoms with E-state index in [9.17, 15) is 18.7 Å². The quantitative estimate of drug-likeness (QED) is 0.441. The van der Waals surface area contributed by atoms with Crippen LogP contribution in [0, 0.1) is 0 Å². The van der Waals surface area contributed by atoms with Crippen LogP contribution >= 0.6 is 0 Å². The normalized spacial score (nSPS) is 10.6. The predicted molar refractivity (Wildman–Crippen MR) is 30.9 cm³/mol. The third kappa shape index (κ3) is 7.99. The molecule has 0 unspecified atom stereocenters. The van der Waals surface area contributed by atoms with Crippen molar-refractivity contribution in [1.29, 1.82) is 0 Å². The Balaban J connectivity index is 0. The maximum Gasteiger partial charge on any atom is 1.00 e. The minimum Gasteiger partial charge on any atom is -0.550 e. The Morgan fingerprint density at radius 3 is 2.25 bits per heavy atom. The summed E-state index contributed by atoms with van der Waals surface area (Å²) < 4.78 is 24.7. The third-order valence-corrected chi connectivity index (χ3v) is 1.17. The van der Waals surface area contributed by atoms with Crippen LogP contribution in [0.4, 0.5) is 8.78 Å². The van der Waals surface area contributed by atoms with Crippen molar-refractivity contribution >= 4 is 5.97 Å². The van der Waals surface area contributed by atoms with Crippen molar-refractivity contribution in [2.45, 2.75) is 25.2 Å². The first-order valence-electron chi connectivity index (χ1n) is 3.16. The fourth-order valence-electron chi connectivity index (χ4n) is 0.574. The van der Waals surface area contributed by atoms with E-state index >= 15 is 0 Å². The second-order valence-corrected chi connectivity index (χ2v) is 2.20. The van der Waals surface area contributed by atoms with Crippen molar-refractivity contribution in [2.75, 3.05) is 6.61 Å². The van der Waals surface area contributed by atoms with Gasteiger partial charge in [-0.05, 0) is 6.42 Å². The summed E-state index contributed by atoms with van der Waals surface area (Å²) in [5.74, 6) is -4.59. The monoisotopic (exact) mass is 174 g/mol. The number of alkyl halides is 2. The summed E-state index contributed by atoms with van der Waals surface area (Å²) >= 11 is 0. The molecular formula is C6H9F2LiO3. The van der Waals surface area contributed by atoms with Gasteiger partial charge in [0.2, 0.25) is 0 Å². The van der Waals surface area contributed by atoms with Gasteiger partial charge in [-0.3, -0.25) is 0 Å². The molecule has 6 heteroatoms. The van der Waals surface area contributed by atoms with Gasteiger partial charge in [0.1, 0.15) is 0 Å². The number of aliphatic hydroxyl groups excluding tert-OH is 1. The molecule has 3 nitrogen and oxygen atoms in total. The second-order valence-electron chi connectivity index (χ2n) is 2.20. The number of carboxylic acid groups (broad SMARTS) is 1. The first-order valence-corrected chi connectivity index (χ1v) is 3.16. The van der Waals surface area contributed by atoms with Crippen LogP contribution in [0.5, 0.6) is 0 Å². The summed E-state index contributed by atoms with van der Waals surface area (Å²) in [4.78, 5) is 9.74. The minimum atomic E-state index is -3.09. The molecule has 0 amide bonds. The van der Waals surface area contributed by atoms with Crippen LogP contribution in [0.3, 0.4) is 0 Å². The number of halogens is 2. The molecule has 0 heterocycles. The Bertz CT molecular complexity index is 141. The maximum atomic E-state index is 12.3. The molecule has 0 fully saturated rings. The van der Waals surface area contributed by atoms with E-state index in [1.807, 2.05) is 0 Å². The van der Waals surface area contributed by atoms with E-state index in [4.69, 9.17) is 5.11 Å². The molecule has 66 valence electrons. The van der Waals surface area contributed by atoms with Crippen LogP contribution in [0.1, 0.15) is 19.3 Å². The standard InChI is InChI=1S/C6H10F2O3.Li/c7-6(8,3-4-9)2-1-5(10)11;/h9H,1-4H2,(H,10,11);/q;+1/p-1. The predicted octanol–water partition coefficient (Wildman–Crippen LogP) is -3.46. The molecule has 0 rings (SSSR count). The number of carboxylic acids is 1. The van der Waals surface area contributed by atoms with Crippen LogP contribution in [0.25, 0.3) is 0 Å². The van der Waals surface area contributed by atoms with Gasteiger partial charge in [-0.15, -0.1) is 0 Å². The molecule has 0 aliphatic rings. The van der Waals surface area contributed by atoms with E-state index in [0.717, 1.165) is 0 Å². The zero-order valence-corrected chi connectivity index (χ0v) is 6.85. The molecule has 0 aliphatic carbocycles. The number of hydrogen-bond donors (Lipinski definition) is 1. The van der Waals surface area contributed by atoms with Crippen molar-refractivity contribution in [2.24, 2.45) is 0 Å². The molecule has 0 aliphatic heterocycles. The van der Waals surface area contributed by atoms with Gasteiger partial charge in [-0.1, -0.05) is 0 Å². The third-order valence-electron chi connectivity index (χ3n) is 1.17. The summed E-state index contributed by atoms with van der Waals surface area (Å²) in [7, 11) is 0. The molecule has 12 heavy (non-hydrogen) atoms. The van der Waals surface area contributed by atoms with Gasteiger partial charge in [0.15, 0.2) is 0 Å². The summed E-state index contributed by atoms with van der Waals surface area (Å²) in [6.07, 6.45) is -2.14. The van der Waals surface area contributed by atoms with Gasteiger partial charge < -0.3 is 15.0 Å². The Labute approximate surface area is 80.9 Å². The van der Waals surface area contributed by atoms with Gasteiger partial charge in [-0.25, -0.2) is 8.78 Å². The molecule has 0 aromatic carbocycles. The summed E-state index contributed by atoms with van der Waals surface area (Å²) in [5.41, 5.74) is 0. The fourth-order valence-corrected chi connectivity index (χ4v) is 0.574. The smallest absolute Gasteiger partial charge is 0.550 e. The van der Waals surface area contributed by atoms with E-state index in [0.29, 0.717) is 0 Å². The van der Waals surface area contributed by atoms with E-state index in [1.54, 1.807) is 0 Å². The molecule has 1 N–H and O–H groups in total. The molecule has 0 spiro atoms. The van der Waals surface area contributed by atoms with Crippen molar-refractivity contribution in [3.05, 3.63) is 0 Å². The van der Waals surface area contributed by atoms with Crippen molar-refractivity contribution in [1.82, 2.24) is 0 Å². The molecule has 0 saturated carbocycles. The Hall–Kier alpha value is -0.113. The van der Waals surface area contributed by atoms with Gasteiger partial charge in [0, 0.05) is 25.4 Å². The summed E-state index contributed by atoms with van der Waals surface area (Å²) in [6, 6.07) is 0. The number of hydrogen-bond acceptors (Lipinski definition) is 3. The zero-order chi connectivity index (χ0) is 8.91. The van der Waals surface area contributed by atoms with E-state index < -0.39 is 37.8 Å². The van der Waals surface area contributed by atoms with Crippen LogP contribution in [-0.2, 0) is 4.79 Å². The molecule has 0 aromatic heterocycles. The average Bonchev–Trinajstić information content (AvgIpc) is 1.84. The van der Waals surface area contributed by atoms with Gasteiger partial charge in [0.05, 0.1) is 0 Å². The topological polar surface area (TPSA) is 60.4 Å². The van der Waals surface area contributed by atoms with Crippen LogP contribution < -0.4 is 24.0 Å². The van der Waals surface area contributed by atoms with Crippen molar-refractivity contribution < 1.29 is 42.6 Å².